The Labute approximate surface area is 146 Å². The molecular formula is C14H16F4N2O5S. The van der Waals surface area contributed by atoms with Gasteiger partial charge in [-0.1, -0.05) is 0 Å². The van der Waals surface area contributed by atoms with E-state index in [1.165, 1.54) is 13.8 Å². The number of alkyl halides is 3. The van der Waals surface area contributed by atoms with Crippen molar-refractivity contribution in [3.63, 3.8) is 0 Å². The number of carbonyl (C=O) groups is 2. The van der Waals surface area contributed by atoms with Crippen molar-refractivity contribution >= 4 is 27.6 Å². The molecule has 0 aliphatic carbocycles. The zero-order valence-corrected chi connectivity index (χ0v) is 14.5. The lowest BCUT2D eigenvalue weighted by Gasteiger charge is -2.16. The molecule has 1 aromatic carbocycles. The average Bonchev–Trinajstić information content (AvgIpc) is 2.47. The number of nitrogens with one attached hydrogen (secondary N) is 2. The minimum atomic E-state index is -5.01. The summed E-state index contributed by atoms with van der Waals surface area (Å²) in [5, 5.41) is 2.05. The van der Waals surface area contributed by atoms with Gasteiger partial charge in [0.1, 0.15) is 17.6 Å². The standard InChI is InChI=1S/C14H16F4N2O5S/c1-3-25-13(22)8(2)19-12(21)7-26(23,24)20-11-5-4-9(15)6-10(11)14(16,17)18/h4-6,8,20H,3,7H2,1-2H3,(H,19,21). The number of rotatable bonds is 7. The normalized spacial score (nSPS) is 13.0. The van der Waals surface area contributed by atoms with Gasteiger partial charge in [-0.05, 0) is 32.0 Å². The van der Waals surface area contributed by atoms with Gasteiger partial charge >= 0.3 is 12.1 Å². The van der Waals surface area contributed by atoms with Crippen LogP contribution in [0.25, 0.3) is 0 Å². The fourth-order valence-electron chi connectivity index (χ4n) is 1.83. The number of halogens is 4. The van der Waals surface area contributed by atoms with E-state index in [9.17, 15) is 35.6 Å². The minimum absolute atomic E-state index is 0.0453. The lowest BCUT2D eigenvalue weighted by molar-refractivity contribution is -0.146. The van der Waals surface area contributed by atoms with E-state index in [4.69, 9.17) is 0 Å². The number of ether oxygens (including phenoxy) is 1. The van der Waals surface area contributed by atoms with Crippen LogP contribution in [0.3, 0.4) is 0 Å². The number of hydrogen-bond acceptors (Lipinski definition) is 5. The van der Waals surface area contributed by atoms with E-state index >= 15 is 0 Å². The molecule has 0 fully saturated rings. The first-order valence-electron chi connectivity index (χ1n) is 7.19. The molecule has 1 amide bonds. The molecule has 0 spiro atoms. The van der Waals surface area contributed by atoms with Gasteiger partial charge in [-0.15, -0.1) is 0 Å². The van der Waals surface area contributed by atoms with Crippen LogP contribution in [0.4, 0.5) is 23.2 Å². The second-order valence-electron chi connectivity index (χ2n) is 5.09. The Morgan fingerprint density at radius 2 is 1.88 bits per heavy atom. The third-order valence-corrected chi connectivity index (χ3v) is 4.06. The summed E-state index contributed by atoms with van der Waals surface area (Å²) in [6.07, 6.45) is -5.01. The van der Waals surface area contributed by atoms with Crippen LogP contribution in [0.2, 0.25) is 0 Å². The van der Waals surface area contributed by atoms with E-state index in [0.717, 1.165) is 0 Å². The first kappa shape index (κ1) is 21.7. The minimum Gasteiger partial charge on any atom is -0.464 e. The molecule has 146 valence electrons. The van der Waals surface area contributed by atoms with Crippen LogP contribution in [0.15, 0.2) is 18.2 Å². The molecule has 7 nitrogen and oxygen atoms in total. The SMILES string of the molecule is CCOC(=O)C(C)NC(=O)CS(=O)(=O)Nc1ccc(F)cc1C(F)(F)F. The second-order valence-corrected chi connectivity index (χ2v) is 6.81. The summed E-state index contributed by atoms with van der Waals surface area (Å²) in [6.45, 7) is 2.82. The van der Waals surface area contributed by atoms with Crippen LogP contribution < -0.4 is 10.0 Å². The molecule has 0 radical (unpaired) electrons. The van der Waals surface area contributed by atoms with Crippen LogP contribution in [-0.4, -0.2) is 38.7 Å². The molecule has 1 atom stereocenters. The fraction of sp³-hybridized carbons (Fsp3) is 0.429. The third kappa shape index (κ3) is 6.50. The van der Waals surface area contributed by atoms with Gasteiger partial charge in [0.25, 0.3) is 0 Å². The van der Waals surface area contributed by atoms with Crippen LogP contribution in [-0.2, 0) is 30.5 Å². The number of benzene rings is 1. The van der Waals surface area contributed by atoms with Gasteiger partial charge in [-0.25, -0.2) is 17.6 Å². The van der Waals surface area contributed by atoms with Crippen LogP contribution in [0.1, 0.15) is 19.4 Å². The molecule has 1 rings (SSSR count). The largest absolute Gasteiger partial charge is 0.464 e. The maximum atomic E-state index is 13.0. The van der Waals surface area contributed by atoms with Crippen molar-refractivity contribution in [1.82, 2.24) is 5.32 Å². The molecule has 0 aliphatic heterocycles. The van der Waals surface area contributed by atoms with E-state index in [-0.39, 0.29) is 12.7 Å². The molecule has 0 heterocycles. The summed E-state index contributed by atoms with van der Waals surface area (Å²) in [5.74, 6) is -4.38. The summed E-state index contributed by atoms with van der Waals surface area (Å²) >= 11 is 0. The van der Waals surface area contributed by atoms with Crippen molar-refractivity contribution in [1.29, 1.82) is 0 Å². The number of carbonyl (C=O) groups excluding carboxylic acids is 2. The second kappa shape index (κ2) is 8.34. The Bertz CT molecular complexity index is 780. The summed E-state index contributed by atoms with van der Waals surface area (Å²) < 4.78 is 81.6. The lowest BCUT2D eigenvalue weighted by Crippen LogP contribution is -2.43. The van der Waals surface area contributed by atoms with Crippen LogP contribution in [0.5, 0.6) is 0 Å². The summed E-state index contributed by atoms with van der Waals surface area (Å²) in [4.78, 5) is 23.0. The van der Waals surface area contributed by atoms with Gasteiger partial charge in [-0.2, -0.15) is 13.2 Å². The van der Waals surface area contributed by atoms with Gasteiger partial charge in [0.15, 0.2) is 0 Å². The Hall–Kier alpha value is -2.37. The third-order valence-electron chi connectivity index (χ3n) is 2.89. The van der Waals surface area contributed by atoms with Gasteiger partial charge in [-0.3, -0.25) is 9.52 Å². The smallest absolute Gasteiger partial charge is 0.418 e. The number of hydrogen-bond donors (Lipinski definition) is 2. The van der Waals surface area contributed by atoms with Gasteiger partial charge < -0.3 is 10.1 Å². The Kier molecular flexibility index (Phi) is 6.95. The molecule has 0 bridgehead atoms. The van der Waals surface area contributed by atoms with Crippen molar-refractivity contribution in [3.05, 3.63) is 29.6 Å². The predicted octanol–water partition coefficient (Wildman–Crippen LogP) is 1.65. The molecule has 1 unspecified atom stereocenters. The number of anilines is 1. The van der Waals surface area contributed by atoms with Crippen molar-refractivity contribution in [2.45, 2.75) is 26.1 Å². The summed E-state index contributed by atoms with van der Waals surface area (Å²) in [5.41, 5.74) is -2.47. The quantitative estimate of drug-likeness (QED) is 0.535. The highest BCUT2D eigenvalue weighted by molar-refractivity contribution is 7.93. The first-order valence-corrected chi connectivity index (χ1v) is 8.84. The molecule has 0 aliphatic rings. The molecule has 1 aromatic rings. The van der Waals surface area contributed by atoms with E-state index < -0.39 is 56.9 Å². The highest BCUT2D eigenvalue weighted by Crippen LogP contribution is 2.35. The first-order chi connectivity index (χ1) is 11.9. The zero-order valence-electron chi connectivity index (χ0n) is 13.7. The molecule has 2 N–H and O–H groups in total. The number of sulfonamides is 1. The van der Waals surface area contributed by atoms with Crippen LogP contribution >= 0.6 is 0 Å². The lowest BCUT2D eigenvalue weighted by atomic mass is 10.2. The summed E-state index contributed by atoms with van der Waals surface area (Å²) in [6, 6.07) is 0.209. The van der Waals surface area contributed by atoms with Crippen molar-refractivity contribution in [2.75, 3.05) is 17.1 Å². The van der Waals surface area contributed by atoms with Gasteiger partial charge in [0, 0.05) is 0 Å². The average molecular weight is 400 g/mol. The molecule has 0 aromatic heterocycles. The van der Waals surface area contributed by atoms with Crippen molar-refractivity contribution in [2.24, 2.45) is 0 Å². The van der Waals surface area contributed by atoms with Gasteiger partial charge in [0.2, 0.25) is 15.9 Å². The van der Waals surface area contributed by atoms with E-state index in [2.05, 4.69) is 4.74 Å². The Morgan fingerprint density at radius 3 is 2.42 bits per heavy atom. The van der Waals surface area contributed by atoms with E-state index in [1.807, 2.05) is 5.32 Å². The molecule has 0 saturated heterocycles. The predicted molar refractivity (Wildman–Crippen MR) is 83.0 cm³/mol. The molecule has 0 saturated carbocycles. The monoisotopic (exact) mass is 400 g/mol. The zero-order chi connectivity index (χ0) is 20.1. The Morgan fingerprint density at radius 1 is 1.27 bits per heavy atom. The Balaban J connectivity index is 2.88. The van der Waals surface area contributed by atoms with E-state index in [0.29, 0.717) is 12.1 Å². The summed E-state index contributed by atoms with van der Waals surface area (Å²) in [7, 11) is -4.55. The van der Waals surface area contributed by atoms with Crippen LogP contribution in [0, 0.1) is 5.82 Å². The number of esters is 1. The van der Waals surface area contributed by atoms with E-state index in [1.54, 1.807) is 4.72 Å². The fourth-order valence-corrected chi connectivity index (χ4v) is 2.84. The maximum absolute atomic E-state index is 13.0. The topological polar surface area (TPSA) is 102 Å². The van der Waals surface area contributed by atoms with Crippen molar-refractivity contribution < 1.29 is 40.3 Å². The molecular weight excluding hydrogens is 384 g/mol. The molecule has 12 heteroatoms. The maximum Gasteiger partial charge on any atom is 0.418 e. The highest BCUT2D eigenvalue weighted by atomic mass is 32.2. The van der Waals surface area contributed by atoms with Crippen molar-refractivity contribution in [3.8, 4) is 0 Å². The number of amides is 1. The molecule has 26 heavy (non-hydrogen) atoms. The highest BCUT2D eigenvalue weighted by Gasteiger charge is 2.35. The van der Waals surface area contributed by atoms with Gasteiger partial charge in [0.05, 0.1) is 17.9 Å².